The molecule has 1 aliphatic rings. The molecule has 2 rings (SSSR count). The Balaban J connectivity index is 2.17. The van der Waals surface area contributed by atoms with Crippen molar-refractivity contribution in [1.29, 1.82) is 0 Å². The summed E-state index contributed by atoms with van der Waals surface area (Å²) in [4.78, 5) is 24.1. The molecule has 1 heterocycles. The zero-order chi connectivity index (χ0) is 14.7. The summed E-state index contributed by atoms with van der Waals surface area (Å²) in [7, 11) is 0. The van der Waals surface area contributed by atoms with Gasteiger partial charge in [0.15, 0.2) is 0 Å². The van der Waals surface area contributed by atoms with Crippen molar-refractivity contribution in [3.05, 3.63) is 33.9 Å². The van der Waals surface area contributed by atoms with Crippen molar-refractivity contribution >= 4 is 17.3 Å². The summed E-state index contributed by atoms with van der Waals surface area (Å²) in [5.41, 5.74) is 5.71. The predicted octanol–water partition coefficient (Wildman–Crippen LogP) is 1.02. The number of nitrogens with two attached hydrogens (primary N) is 1. The highest BCUT2D eigenvalue weighted by Gasteiger charge is 2.25. The molecule has 1 aromatic carbocycles. The molecule has 1 saturated heterocycles. The minimum absolute atomic E-state index is 0.0171. The minimum atomic E-state index is -0.577. The summed E-state index contributed by atoms with van der Waals surface area (Å²) in [5.74, 6) is -0.104. The lowest BCUT2D eigenvalue weighted by molar-refractivity contribution is -0.383. The van der Waals surface area contributed by atoms with Gasteiger partial charge in [0.2, 0.25) is 0 Å². The number of carbonyl (C=O) groups excluding carboxylic acids is 1. The van der Waals surface area contributed by atoms with Gasteiger partial charge in [0.25, 0.3) is 11.6 Å². The Bertz CT molecular complexity index is 532. The maximum Gasteiger partial charge on any atom is 0.292 e. The standard InChI is InChI=1S/C13H17N3O4/c14-11-6-10(3-4-12(11)16(19)20)13(18)15-5-1-2-9(7-15)8-17/h3-4,6,9,17H,1-2,5,7-8,14H2. The molecule has 7 heteroatoms. The highest BCUT2D eigenvalue weighted by atomic mass is 16.6. The molecule has 0 bridgehead atoms. The zero-order valence-electron chi connectivity index (χ0n) is 11.0. The molecule has 0 spiro atoms. The van der Waals surface area contributed by atoms with E-state index < -0.39 is 4.92 Å². The zero-order valence-corrected chi connectivity index (χ0v) is 11.0. The molecule has 1 unspecified atom stereocenters. The third-order valence-corrected chi connectivity index (χ3v) is 3.54. The van der Waals surface area contributed by atoms with Crippen LogP contribution in [0.2, 0.25) is 0 Å². The van der Waals surface area contributed by atoms with Gasteiger partial charge < -0.3 is 15.7 Å². The molecule has 0 radical (unpaired) electrons. The summed E-state index contributed by atoms with van der Waals surface area (Å²) >= 11 is 0. The maximum absolute atomic E-state index is 12.3. The number of amides is 1. The number of piperidine rings is 1. The summed E-state index contributed by atoms with van der Waals surface area (Å²) in [5, 5.41) is 19.9. The van der Waals surface area contributed by atoms with Crippen molar-refractivity contribution in [3.63, 3.8) is 0 Å². The molecule has 1 atom stereocenters. The summed E-state index contributed by atoms with van der Waals surface area (Å²) in [6.07, 6.45) is 1.75. The number of aliphatic hydroxyl groups is 1. The van der Waals surface area contributed by atoms with Crippen LogP contribution in [0.1, 0.15) is 23.2 Å². The second-order valence-electron chi connectivity index (χ2n) is 4.97. The molecule has 1 amide bonds. The first-order valence-corrected chi connectivity index (χ1v) is 6.47. The van der Waals surface area contributed by atoms with E-state index in [4.69, 9.17) is 10.8 Å². The molecule has 7 nitrogen and oxygen atoms in total. The number of rotatable bonds is 3. The van der Waals surface area contributed by atoms with Crippen LogP contribution in [0.3, 0.4) is 0 Å². The van der Waals surface area contributed by atoms with Crippen LogP contribution in [-0.2, 0) is 0 Å². The highest BCUT2D eigenvalue weighted by Crippen LogP contribution is 2.24. The predicted molar refractivity (Wildman–Crippen MR) is 73.2 cm³/mol. The summed E-state index contributed by atoms with van der Waals surface area (Å²) in [6.45, 7) is 1.20. The molecule has 1 aromatic rings. The van der Waals surface area contributed by atoms with E-state index >= 15 is 0 Å². The fourth-order valence-corrected chi connectivity index (χ4v) is 2.43. The van der Waals surface area contributed by atoms with Gasteiger partial charge in [0, 0.05) is 31.3 Å². The number of anilines is 1. The van der Waals surface area contributed by atoms with Crippen LogP contribution >= 0.6 is 0 Å². The summed E-state index contributed by atoms with van der Waals surface area (Å²) < 4.78 is 0. The van der Waals surface area contributed by atoms with Crippen LogP contribution in [0.5, 0.6) is 0 Å². The van der Waals surface area contributed by atoms with Crippen molar-refractivity contribution in [2.75, 3.05) is 25.4 Å². The lowest BCUT2D eigenvalue weighted by atomic mass is 9.98. The van der Waals surface area contributed by atoms with Crippen LogP contribution in [0.25, 0.3) is 0 Å². The van der Waals surface area contributed by atoms with E-state index in [0.717, 1.165) is 12.8 Å². The largest absolute Gasteiger partial charge is 0.396 e. The SMILES string of the molecule is Nc1cc(C(=O)N2CCCC(CO)C2)ccc1[N+](=O)[O-]. The molecule has 1 fully saturated rings. The van der Waals surface area contributed by atoms with Gasteiger partial charge in [-0.25, -0.2) is 0 Å². The van der Waals surface area contributed by atoms with Gasteiger partial charge in [0.1, 0.15) is 5.69 Å². The Kier molecular flexibility index (Phi) is 4.19. The molecule has 1 aliphatic heterocycles. The molecule has 0 aliphatic carbocycles. The van der Waals surface area contributed by atoms with E-state index in [1.807, 2.05) is 0 Å². The molecule has 3 N–H and O–H groups in total. The number of benzene rings is 1. The van der Waals surface area contributed by atoms with Crippen molar-refractivity contribution in [3.8, 4) is 0 Å². The average molecular weight is 279 g/mol. The molecule has 108 valence electrons. The van der Waals surface area contributed by atoms with E-state index in [9.17, 15) is 14.9 Å². The lowest BCUT2D eigenvalue weighted by Gasteiger charge is -2.31. The Morgan fingerprint density at radius 2 is 2.30 bits per heavy atom. The number of hydrogen-bond donors (Lipinski definition) is 2. The first-order valence-electron chi connectivity index (χ1n) is 6.47. The Labute approximate surface area is 116 Å². The molecule has 0 aromatic heterocycles. The van der Waals surface area contributed by atoms with Crippen LogP contribution in [0, 0.1) is 16.0 Å². The smallest absolute Gasteiger partial charge is 0.292 e. The van der Waals surface area contributed by atoms with Crippen molar-refractivity contribution in [2.24, 2.45) is 5.92 Å². The first kappa shape index (κ1) is 14.3. The number of aliphatic hydroxyl groups excluding tert-OH is 1. The van der Waals surface area contributed by atoms with Gasteiger partial charge in [-0.1, -0.05) is 0 Å². The molecular weight excluding hydrogens is 262 g/mol. The number of nitro benzene ring substituents is 1. The van der Waals surface area contributed by atoms with Gasteiger partial charge >= 0.3 is 0 Å². The number of carbonyl (C=O) groups is 1. The number of nitrogen functional groups attached to an aromatic ring is 1. The Hall–Kier alpha value is -2.15. The van der Waals surface area contributed by atoms with Gasteiger partial charge in [-0.3, -0.25) is 14.9 Å². The van der Waals surface area contributed by atoms with Crippen LogP contribution in [0.4, 0.5) is 11.4 Å². The Morgan fingerprint density at radius 3 is 2.90 bits per heavy atom. The minimum Gasteiger partial charge on any atom is -0.396 e. The van der Waals surface area contributed by atoms with Crippen LogP contribution < -0.4 is 5.73 Å². The van der Waals surface area contributed by atoms with E-state index in [1.54, 1.807) is 4.90 Å². The summed E-state index contributed by atoms with van der Waals surface area (Å²) in [6, 6.07) is 4.00. The van der Waals surface area contributed by atoms with Gasteiger partial charge in [-0.2, -0.15) is 0 Å². The Morgan fingerprint density at radius 1 is 1.55 bits per heavy atom. The number of nitrogens with zero attached hydrogens (tertiary/aromatic N) is 2. The van der Waals surface area contributed by atoms with Crippen LogP contribution in [-0.4, -0.2) is 40.5 Å². The molecule has 0 saturated carbocycles. The maximum atomic E-state index is 12.3. The van der Waals surface area contributed by atoms with Crippen molar-refractivity contribution < 1.29 is 14.8 Å². The number of nitro groups is 1. The third kappa shape index (κ3) is 2.88. The van der Waals surface area contributed by atoms with Crippen molar-refractivity contribution in [1.82, 2.24) is 4.90 Å². The van der Waals surface area contributed by atoms with E-state index in [2.05, 4.69) is 0 Å². The monoisotopic (exact) mass is 279 g/mol. The second-order valence-corrected chi connectivity index (χ2v) is 4.97. The lowest BCUT2D eigenvalue weighted by Crippen LogP contribution is -2.40. The first-order chi connectivity index (χ1) is 9.52. The van der Waals surface area contributed by atoms with Gasteiger partial charge in [-0.15, -0.1) is 0 Å². The fourth-order valence-electron chi connectivity index (χ4n) is 2.43. The number of likely N-dealkylation sites (tertiary alicyclic amines) is 1. The molecular formula is C13H17N3O4. The topological polar surface area (TPSA) is 110 Å². The van der Waals surface area contributed by atoms with Crippen LogP contribution in [0.15, 0.2) is 18.2 Å². The van der Waals surface area contributed by atoms with E-state index in [1.165, 1.54) is 18.2 Å². The van der Waals surface area contributed by atoms with Crippen molar-refractivity contribution in [2.45, 2.75) is 12.8 Å². The van der Waals surface area contributed by atoms with Gasteiger partial charge in [-0.05, 0) is 30.9 Å². The molecule has 20 heavy (non-hydrogen) atoms. The number of hydrogen-bond acceptors (Lipinski definition) is 5. The highest BCUT2D eigenvalue weighted by molar-refractivity contribution is 5.95. The van der Waals surface area contributed by atoms with Gasteiger partial charge in [0.05, 0.1) is 4.92 Å². The van der Waals surface area contributed by atoms with E-state index in [-0.39, 0.29) is 29.8 Å². The third-order valence-electron chi connectivity index (χ3n) is 3.54. The second kappa shape index (κ2) is 5.87. The normalized spacial score (nSPS) is 18.9. The fraction of sp³-hybridized carbons (Fsp3) is 0.462. The van der Waals surface area contributed by atoms with E-state index in [0.29, 0.717) is 18.7 Å². The average Bonchev–Trinajstić information content (AvgIpc) is 2.46. The quantitative estimate of drug-likeness (QED) is 0.487.